The Bertz CT molecular complexity index is 561. The van der Waals surface area contributed by atoms with Crippen LogP contribution in [0, 0.1) is 0 Å². The lowest BCUT2D eigenvalue weighted by atomic mass is 9.79. The summed E-state index contributed by atoms with van der Waals surface area (Å²) in [6.45, 7) is 8.53. The lowest BCUT2D eigenvalue weighted by molar-refractivity contribution is -0.0521. The van der Waals surface area contributed by atoms with Gasteiger partial charge >= 0.3 is 6.61 Å². The molecule has 2 rings (SSSR count). The fourth-order valence-electron chi connectivity index (χ4n) is 3.91. The first-order valence-electron chi connectivity index (χ1n) is 8.84. The molecule has 1 fully saturated rings. The summed E-state index contributed by atoms with van der Waals surface area (Å²) in [4.78, 5) is 0. The Morgan fingerprint density at radius 3 is 2.40 bits per heavy atom. The SMILES string of the molecule is CCOc1cccc(CNC2CC(C)(C)NC(C)(C)C2)c1OC(F)F. The molecular formula is C19H30F2N2O2. The highest BCUT2D eigenvalue weighted by molar-refractivity contribution is 5.46. The van der Waals surface area contributed by atoms with Crippen molar-refractivity contribution in [2.24, 2.45) is 0 Å². The number of ether oxygens (including phenoxy) is 2. The van der Waals surface area contributed by atoms with Crippen LogP contribution >= 0.6 is 0 Å². The Balaban J connectivity index is 2.13. The van der Waals surface area contributed by atoms with Gasteiger partial charge in [0.15, 0.2) is 11.5 Å². The summed E-state index contributed by atoms with van der Waals surface area (Å²) in [5.74, 6) is 0.479. The van der Waals surface area contributed by atoms with Gasteiger partial charge in [0.25, 0.3) is 0 Å². The second kappa shape index (κ2) is 7.87. The zero-order valence-electron chi connectivity index (χ0n) is 15.8. The Hall–Kier alpha value is -1.40. The Morgan fingerprint density at radius 1 is 1.20 bits per heavy atom. The van der Waals surface area contributed by atoms with Crippen molar-refractivity contribution in [2.75, 3.05) is 6.61 Å². The zero-order valence-corrected chi connectivity index (χ0v) is 15.8. The molecule has 4 nitrogen and oxygen atoms in total. The van der Waals surface area contributed by atoms with Gasteiger partial charge in [0.2, 0.25) is 0 Å². The van der Waals surface area contributed by atoms with Gasteiger partial charge in [0.1, 0.15) is 0 Å². The van der Waals surface area contributed by atoms with Gasteiger partial charge in [-0.15, -0.1) is 0 Å². The maximum absolute atomic E-state index is 12.8. The molecule has 6 heteroatoms. The van der Waals surface area contributed by atoms with Crippen LogP contribution in [-0.2, 0) is 6.54 Å². The van der Waals surface area contributed by atoms with Gasteiger partial charge in [-0.05, 0) is 53.5 Å². The average molecular weight is 356 g/mol. The molecule has 1 saturated heterocycles. The number of para-hydroxylation sites is 1. The van der Waals surface area contributed by atoms with E-state index in [0.29, 0.717) is 30.5 Å². The third-order valence-corrected chi connectivity index (χ3v) is 4.34. The van der Waals surface area contributed by atoms with Crippen LogP contribution in [0.4, 0.5) is 8.78 Å². The molecule has 0 aliphatic carbocycles. The summed E-state index contributed by atoms with van der Waals surface area (Å²) in [6, 6.07) is 5.55. The molecule has 0 bridgehead atoms. The van der Waals surface area contributed by atoms with Crippen LogP contribution in [0.5, 0.6) is 11.5 Å². The van der Waals surface area contributed by atoms with Crippen LogP contribution in [0.25, 0.3) is 0 Å². The minimum Gasteiger partial charge on any atom is -0.490 e. The normalized spacial score (nSPS) is 19.8. The largest absolute Gasteiger partial charge is 0.490 e. The lowest BCUT2D eigenvalue weighted by Gasteiger charge is -2.46. The Kier molecular flexibility index (Phi) is 6.27. The molecule has 1 heterocycles. The van der Waals surface area contributed by atoms with Crippen molar-refractivity contribution in [1.29, 1.82) is 0 Å². The number of hydrogen-bond acceptors (Lipinski definition) is 4. The van der Waals surface area contributed by atoms with Crippen LogP contribution in [-0.4, -0.2) is 30.3 Å². The number of alkyl halides is 2. The molecule has 2 N–H and O–H groups in total. The van der Waals surface area contributed by atoms with Crippen LogP contribution < -0.4 is 20.1 Å². The van der Waals surface area contributed by atoms with E-state index in [1.165, 1.54) is 0 Å². The predicted molar refractivity (Wildman–Crippen MR) is 95.4 cm³/mol. The number of nitrogens with one attached hydrogen (secondary N) is 2. The van der Waals surface area contributed by atoms with Crippen molar-refractivity contribution in [1.82, 2.24) is 10.6 Å². The molecule has 1 aliphatic heterocycles. The third kappa shape index (κ3) is 5.82. The number of rotatable bonds is 7. The molecule has 0 atom stereocenters. The van der Waals surface area contributed by atoms with E-state index in [1.54, 1.807) is 18.2 Å². The van der Waals surface area contributed by atoms with Crippen LogP contribution in [0.1, 0.15) is 53.0 Å². The molecule has 0 aromatic heterocycles. The maximum atomic E-state index is 12.8. The summed E-state index contributed by atoms with van der Waals surface area (Å²) in [7, 11) is 0. The van der Waals surface area contributed by atoms with Gasteiger partial charge in [0.05, 0.1) is 6.61 Å². The third-order valence-electron chi connectivity index (χ3n) is 4.34. The molecule has 142 valence electrons. The average Bonchev–Trinajstić information content (AvgIpc) is 2.44. The van der Waals surface area contributed by atoms with E-state index in [4.69, 9.17) is 9.47 Å². The highest BCUT2D eigenvalue weighted by Gasteiger charge is 2.37. The lowest BCUT2D eigenvalue weighted by Crippen LogP contribution is -2.61. The van der Waals surface area contributed by atoms with Crippen molar-refractivity contribution >= 4 is 0 Å². The van der Waals surface area contributed by atoms with Gasteiger partial charge in [-0.2, -0.15) is 8.78 Å². The summed E-state index contributed by atoms with van der Waals surface area (Å²) >= 11 is 0. The first kappa shape index (κ1) is 19.9. The number of piperidine rings is 1. The fourth-order valence-corrected chi connectivity index (χ4v) is 3.91. The van der Waals surface area contributed by atoms with E-state index in [2.05, 4.69) is 38.3 Å². The van der Waals surface area contributed by atoms with E-state index in [0.717, 1.165) is 12.8 Å². The maximum Gasteiger partial charge on any atom is 0.387 e. The first-order chi connectivity index (χ1) is 11.6. The molecular weight excluding hydrogens is 326 g/mol. The molecule has 0 amide bonds. The smallest absolute Gasteiger partial charge is 0.387 e. The van der Waals surface area contributed by atoms with E-state index < -0.39 is 6.61 Å². The summed E-state index contributed by atoms with van der Waals surface area (Å²) in [5, 5.41) is 7.15. The van der Waals surface area contributed by atoms with Crippen LogP contribution in [0.2, 0.25) is 0 Å². The van der Waals surface area contributed by atoms with Gasteiger partial charge in [-0.3, -0.25) is 0 Å². The highest BCUT2D eigenvalue weighted by Crippen LogP contribution is 2.34. The van der Waals surface area contributed by atoms with E-state index in [1.807, 2.05) is 6.92 Å². The molecule has 25 heavy (non-hydrogen) atoms. The van der Waals surface area contributed by atoms with Crippen molar-refractivity contribution < 1.29 is 18.3 Å². The van der Waals surface area contributed by atoms with Crippen molar-refractivity contribution in [2.45, 2.75) is 77.7 Å². The topological polar surface area (TPSA) is 42.5 Å². The number of benzene rings is 1. The molecule has 1 aromatic rings. The molecule has 0 unspecified atom stereocenters. The predicted octanol–water partition coefficient (Wildman–Crippen LogP) is 4.09. The van der Waals surface area contributed by atoms with Crippen LogP contribution in [0.3, 0.4) is 0 Å². The highest BCUT2D eigenvalue weighted by atomic mass is 19.3. The second-order valence-electron chi connectivity index (χ2n) is 7.93. The number of hydrogen-bond donors (Lipinski definition) is 2. The molecule has 0 radical (unpaired) electrons. The van der Waals surface area contributed by atoms with Gasteiger partial charge in [0, 0.05) is 29.2 Å². The molecule has 1 aliphatic rings. The van der Waals surface area contributed by atoms with E-state index in [9.17, 15) is 8.78 Å². The monoisotopic (exact) mass is 356 g/mol. The summed E-state index contributed by atoms with van der Waals surface area (Å²) in [6.07, 6.45) is 1.93. The quantitative estimate of drug-likeness (QED) is 0.772. The number of halogens is 2. The first-order valence-corrected chi connectivity index (χ1v) is 8.84. The zero-order chi connectivity index (χ0) is 18.7. The summed E-state index contributed by atoms with van der Waals surface area (Å²) < 4.78 is 35.8. The van der Waals surface area contributed by atoms with E-state index >= 15 is 0 Å². The van der Waals surface area contributed by atoms with Gasteiger partial charge < -0.3 is 20.1 Å². The van der Waals surface area contributed by atoms with E-state index in [-0.39, 0.29) is 16.8 Å². The molecule has 0 saturated carbocycles. The minimum atomic E-state index is -2.88. The van der Waals surface area contributed by atoms with Crippen molar-refractivity contribution in [3.8, 4) is 11.5 Å². The van der Waals surface area contributed by atoms with Crippen LogP contribution in [0.15, 0.2) is 18.2 Å². The Morgan fingerprint density at radius 2 is 1.84 bits per heavy atom. The van der Waals surface area contributed by atoms with Crippen molar-refractivity contribution in [3.05, 3.63) is 23.8 Å². The molecule has 1 aromatic carbocycles. The standard InChI is InChI=1S/C19H30F2N2O2/c1-6-24-15-9-7-8-13(16(15)25-17(20)21)12-22-14-10-18(2,3)23-19(4,5)11-14/h7-9,14,17,22-23H,6,10-12H2,1-5H3. The summed E-state index contributed by atoms with van der Waals surface area (Å²) in [5.41, 5.74) is 0.726. The Labute approximate surface area is 149 Å². The fraction of sp³-hybridized carbons (Fsp3) is 0.684. The van der Waals surface area contributed by atoms with Gasteiger partial charge in [-0.25, -0.2) is 0 Å². The second-order valence-corrected chi connectivity index (χ2v) is 7.93. The van der Waals surface area contributed by atoms with Crippen molar-refractivity contribution in [3.63, 3.8) is 0 Å². The van der Waals surface area contributed by atoms with Gasteiger partial charge in [-0.1, -0.05) is 12.1 Å². The molecule has 0 spiro atoms. The minimum absolute atomic E-state index is 0.0227.